The number of rotatable bonds is 4. The number of nitrogens with zero attached hydrogens (tertiary/aromatic N) is 3. The molecule has 2 N–H and O–H groups in total. The number of likely N-dealkylation sites (tertiary alicyclic amines) is 1. The molecular formula is C17H25F2N5O2. The molecule has 0 unspecified atom stereocenters. The van der Waals surface area contributed by atoms with Crippen LogP contribution in [-0.4, -0.2) is 51.7 Å². The molecule has 0 bridgehead atoms. The Labute approximate surface area is 151 Å². The Morgan fingerprint density at radius 3 is 2.73 bits per heavy atom. The fourth-order valence-electron chi connectivity index (χ4n) is 3.47. The number of amides is 3. The van der Waals surface area contributed by atoms with Gasteiger partial charge in [-0.15, -0.1) is 0 Å². The summed E-state index contributed by atoms with van der Waals surface area (Å²) in [7, 11) is 0. The van der Waals surface area contributed by atoms with Crippen LogP contribution in [0.4, 0.5) is 19.3 Å². The van der Waals surface area contributed by atoms with Gasteiger partial charge >= 0.3 is 6.03 Å². The molecule has 0 aromatic carbocycles. The van der Waals surface area contributed by atoms with Crippen molar-refractivity contribution in [2.24, 2.45) is 0 Å². The molecule has 2 aliphatic rings. The first-order chi connectivity index (χ1) is 12.4. The summed E-state index contributed by atoms with van der Waals surface area (Å²) in [5.74, 6) is -2.81. The van der Waals surface area contributed by atoms with Crippen molar-refractivity contribution in [3.63, 3.8) is 0 Å². The van der Waals surface area contributed by atoms with Crippen LogP contribution in [0.15, 0.2) is 12.4 Å². The maximum atomic E-state index is 13.4. The number of urea groups is 1. The molecule has 1 aromatic heterocycles. The molecule has 0 radical (unpaired) electrons. The molecule has 1 aliphatic heterocycles. The summed E-state index contributed by atoms with van der Waals surface area (Å²) in [6.45, 7) is 0.415. The molecule has 0 spiro atoms. The number of hydrogen-bond acceptors (Lipinski definition) is 3. The largest absolute Gasteiger partial charge is 0.352 e. The summed E-state index contributed by atoms with van der Waals surface area (Å²) in [5, 5.41) is 9.71. The van der Waals surface area contributed by atoms with Crippen LogP contribution in [0.3, 0.4) is 0 Å². The van der Waals surface area contributed by atoms with E-state index in [9.17, 15) is 18.4 Å². The quantitative estimate of drug-likeness (QED) is 0.856. The second-order valence-corrected chi connectivity index (χ2v) is 7.10. The van der Waals surface area contributed by atoms with Crippen LogP contribution >= 0.6 is 0 Å². The number of nitrogens with one attached hydrogen (secondary N) is 2. The highest BCUT2D eigenvalue weighted by Gasteiger charge is 2.33. The molecule has 2 fully saturated rings. The van der Waals surface area contributed by atoms with Crippen LogP contribution in [0.5, 0.6) is 0 Å². The average Bonchev–Trinajstić information content (AvgIpc) is 3.18. The molecular weight excluding hydrogens is 344 g/mol. The molecule has 7 nitrogen and oxygen atoms in total. The lowest BCUT2D eigenvalue weighted by molar-refractivity contribution is -0.122. The monoisotopic (exact) mass is 369 g/mol. The van der Waals surface area contributed by atoms with Crippen LogP contribution in [0.1, 0.15) is 44.9 Å². The fraction of sp³-hybridized carbons (Fsp3) is 0.706. The Morgan fingerprint density at radius 2 is 1.96 bits per heavy atom. The summed E-state index contributed by atoms with van der Waals surface area (Å²) in [5.41, 5.74) is 0.444. The Hall–Kier alpha value is -2.19. The second-order valence-electron chi connectivity index (χ2n) is 7.10. The average molecular weight is 369 g/mol. The van der Waals surface area contributed by atoms with E-state index in [2.05, 4.69) is 15.7 Å². The number of halogens is 2. The number of alkyl halides is 2. The Balaban J connectivity index is 1.48. The van der Waals surface area contributed by atoms with Gasteiger partial charge in [0.15, 0.2) is 0 Å². The standard InChI is InChI=1S/C17H25F2N5O2/c18-17(19)6-3-8-23(9-7-17)16(26)22-14-10-20-24(11-14)12-15(25)21-13-4-1-2-5-13/h10-11,13H,1-9,12H2,(H,21,25)(H,22,26). The van der Waals surface area contributed by atoms with Crippen molar-refractivity contribution in [2.45, 2.75) is 63.5 Å². The lowest BCUT2D eigenvalue weighted by Crippen LogP contribution is -2.36. The summed E-state index contributed by atoms with van der Waals surface area (Å²) in [6, 6.07) is -0.170. The van der Waals surface area contributed by atoms with Gasteiger partial charge in [-0.1, -0.05) is 12.8 Å². The van der Waals surface area contributed by atoms with Crippen molar-refractivity contribution in [1.82, 2.24) is 20.0 Å². The first-order valence-corrected chi connectivity index (χ1v) is 9.17. The van der Waals surface area contributed by atoms with Gasteiger partial charge in [-0.3, -0.25) is 9.48 Å². The van der Waals surface area contributed by atoms with Crippen molar-refractivity contribution in [3.8, 4) is 0 Å². The van der Waals surface area contributed by atoms with Crippen molar-refractivity contribution < 1.29 is 18.4 Å². The minimum absolute atomic E-state index is 0.0246. The van der Waals surface area contributed by atoms with Gasteiger partial charge in [-0.05, 0) is 19.3 Å². The Kier molecular flexibility index (Phi) is 5.73. The van der Waals surface area contributed by atoms with Crippen LogP contribution in [0.2, 0.25) is 0 Å². The highest BCUT2D eigenvalue weighted by atomic mass is 19.3. The topological polar surface area (TPSA) is 79.3 Å². The zero-order valence-corrected chi connectivity index (χ0v) is 14.7. The van der Waals surface area contributed by atoms with E-state index in [1.807, 2.05) is 0 Å². The van der Waals surface area contributed by atoms with Gasteiger partial charge < -0.3 is 15.5 Å². The van der Waals surface area contributed by atoms with E-state index >= 15 is 0 Å². The van der Waals surface area contributed by atoms with Crippen LogP contribution in [0, 0.1) is 0 Å². The van der Waals surface area contributed by atoms with E-state index in [-0.39, 0.29) is 44.3 Å². The zero-order valence-electron chi connectivity index (χ0n) is 14.7. The normalized spacial score (nSPS) is 20.6. The molecule has 2 heterocycles. The third-order valence-electron chi connectivity index (χ3n) is 4.92. The number of carbonyl (C=O) groups excluding carboxylic acids is 2. The number of aromatic nitrogens is 2. The van der Waals surface area contributed by atoms with E-state index in [0.29, 0.717) is 12.2 Å². The van der Waals surface area contributed by atoms with E-state index in [0.717, 1.165) is 25.7 Å². The summed E-state index contributed by atoms with van der Waals surface area (Å²) >= 11 is 0. The molecule has 1 saturated carbocycles. The third-order valence-corrected chi connectivity index (χ3v) is 4.92. The number of hydrogen-bond donors (Lipinski definition) is 2. The van der Waals surface area contributed by atoms with E-state index in [1.54, 1.807) is 6.20 Å². The van der Waals surface area contributed by atoms with Crippen LogP contribution < -0.4 is 10.6 Å². The number of anilines is 1. The van der Waals surface area contributed by atoms with Crippen molar-refractivity contribution in [1.29, 1.82) is 0 Å². The highest BCUT2D eigenvalue weighted by molar-refractivity contribution is 5.89. The smallest absolute Gasteiger partial charge is 0.321 e. The molecule has 3 rings (SSSR count). The lowest BCUT2D eigenvalue weighted by Gasteiger charge is -2.20. The molecule has 0 atom stereocenters. The molecule has 1 aromatic rings. The van der Waals surface area contributed by atoms with E-state index in [1.165, 1.54) is 15.8 Å². The minimum Gasteiger partial charge on any atom is -0.352 e. The highest BCUT2D eigenvalue weighted by Crippen LogP contribution is 2.28. The van der Waals surface area contributed by atoms with Crippen molar-refractivity contribution in [2.75, 3.05) is 18.4 Å². The lowest BCUT2D eigenvalue weighted by atomic mass is 10.1. The number of carbonyl (C=O) groups is 2. The fourth-order valence-corrected chi connectivity index (χ4v) is 3.47. The van der Waals surface area contributed by atoms with Gasteiger partial charge in [-0.25, -0.2) is 13.6 Å². The van der Waals surface area contributed by atoms with Crippen molar-refractivity contribution in [3.05, 3.63) is 12.4 Å². The molecule has 26 heavy (non-hydrogen) atoms. The van der Waals surface area contributed by atoms with Crippen molar-refractivity contribution >= 4 is 17.6 Å². The summed E-state index contributed by atoms with van der Waals surface area (Å²) in [6.07, 6.45) is 7.11. The van der Waals surface area contributed by atoms with Crippen LogP contribution in [0.25, 0.3) is 0 Å². The predicted octanol–water partition coefficient (Wildman–Crippen LogP) is 2.60. The van der Waals surface area contributed by atoms with Crippen LogP contribution in [-0.2, 0) is 11.3 Å². The summed E-state index contributed by atoms with van der Waals surface area (Å²) in [4.78, 5) is 25.6. The van der Waals surface area contributed by atoms with Gasteiger partial charge in [0.1, 0.15) is 6.54 Å². The zero-order chi connectivity index (χ0) is 18.6. The Bertz CT molecular complexity index is 643. The first kappa shape index (κ1) is 18.6. The Morgan fingerprint density at radius 1 is 1.19 bits per heavy atom. The molecule has 9 heteroatoms. The molecule has 144 valence electrons. The SMILES string of the molecule is O=C(Cn1cc(NC(=O)N2CCCC(F)(F)CC2)cn1)NC1CCCC1. The predicted molar refractivity (Wildman–Crippen MR) is 92.0 cm³/mol. The van der Waals surface area contributed by atoms with E-state index in [4.69, 9.17) is 0 Å². The van der Waals surface area contributed by atoms with E-state index < -0.39 is 12.0 Å². The van der Waals surface area contributed by atoms with Gasteiger partial charge in [0.05, 0.1) is 11.9 Å². The third kappa shape index (κ3) is 5.15. The maximum Gasteiger partial charge on any atom is 0.321 e. The minimum atomic E-state index is -2.70. The maximum absolute atomic E-state index is 13.4. The second kappa shape index (κ2) is 8.01. The molecule has 1 saturated heterocycles. The molecule has 1 aliphatic carbocycles. The van der Waals surface area contributed by atoms with Gasteiger partial charge in [0.2, 0.25) is 11.8 Å². The van der Waals surface area contributed by atoms with Gasteiger partial charge in [-0.2, -0.15) is 5.10 Å². The first-order valence-electron chi connectivity index (χ1n) is 9.17. The molecule has 3 amide bonds. The van der Waals surface area contributed by atoms with Gasteiger partial charge in [0.25, 0.3) is 0 Å². The summed E-state index contributed by atoms with van der Waals surface area (Å²) < 4.78 is 28.2. The van der Waals surface area contributed by atoms with Gasteiger partial charge in [0, 0.05) is 38.2 Å².